The molecule has 0 aliphatic rings. The molecule has 6 heteroatoms. The molecule has 0 unspecified atom stereocenters. The van der Waals surface area contributed by atoms with Crippen molar-refractivity contribution in [3.05, 3.63) is 46.1 Å². The van der Waals surface area contributed by atoms with E-state index in [1.165, 1.54) is 0 Å². The van der Waals surface area contributed by atoms with Crippen LogP contribution in [0.3, 0.4) is 0 Å². The summed E-state index contributed by atoms with van der Waals surface area (Å²) in [5, 5.41) is 15.6. The number of aromatic carboxylic acids is 1. The molecule has 0 amide bonds. The van der Waals surface area contributed by atoms with E-state index in [4.69, 9.17) is 9.52 Å². The van der Waals surface area contributed by atoms with Gasteiger partial charge in [0, 0.05) is 4.47 Å². The highest BCUT2D eigenvalue weighted by Crippen LogP contribution is 2.13. The fourth-order valence-corrected chi connectivity index (χ4v) is 1.45. The minimum absolute atomic E-state index is 0.291. The average molecular weight is 283 g/mol. The molecule has 0 saturated heterocycles. The van der Waals surface area contributed by atoms with Crippen LogP contribution >= 0.6 is 15.9 Å². The molecule has 16 heavy (non-hydrogen) atoms. The Kier molecular flexibility index (Phi) is 3.00. The van der Waals surface area contributed by atoms with Gasteiger partial charge in [0.15, 0.2) is 0 Å². The van der Waals surface area contributed by atoms with Crippen LogP contribution in [0.1, 0.15) is 22.1 Å². The zero-order chi connectivity index (χ0) is 11.5. The van der Waals surface area contributed by atoms with E-state index in [0.29, 0.717) is 12.3 Å². The maximum absolute atomic E-state index is 10.5. The molecule has 0 fully saturated rings. The van der Waals surface area contributed by atoms with E-state index in [1.54, 1.807) is 0 Å². The number of rotatable bonds is 3. The number of hydrogen-bond donors (Lipinski definition) is 1. The predicted molar refractivity (Wildman–Crippen MR) is 58.2 cm³/mol. The highest BCUT2D eigenvalue weighted by atomic mass is 79.9. The Labute approximate surface area is 99.2 Å². The Morgan fingerprint density at radius 3 is 2.56 bits per heavy atom. The van der Waals surface area contributed by atoms with Crippen molar-refractivity contribution in [3.8, 4) is 0 Å². The van der Waals surface area contributed by atoms with Crippen molar-refractivity contribution in [2.45, 2.75) is 6.42 Å². The normalized spacial score (nSPS) is 10.3. The van der Waals surface area contributed by atoms with Crippen molar-refractivity contribution >= 4 is 21.9 Å². The van der Waals surface area contributed by atoms with E-state index in [2.05, 4.69) is 26.1 Å². The van der Waals surface area contributed by atoms with Gasteiger partial charge < -0.3 is 9.52 Å². The molecule has 82 valence electrons. The van der Waals surface area contributed by atoms with Gasteiger partial charge in [-0.15, -0.1) is 10.2 Å². The number of carboxylic acid groups (broad SMARTS) is 1. The van der Waals surface area contributed by atoms with Gasteiger partial charge in [-0.25, -0.2) is 4.79 Å². The fourth-order valence-electron chi connectivity index (χ4n) is 1.19. The molecule has 0 spiro atoms. The standard InChI is InChI=1S/C10H7BrN2O3/c11-7-3-1-6(2-4-7)5-8-12-13-9(16-8)10(14)15/h1-4H,5H2,(H,14,15). The number of carbonyl (C=O) groups is 1. The minimum Gasteiger partial charge on any atom is -0.474 e. The Bertz CT molecular complexity index is 507. The van der Waals surface area contributed by atoms with Crippen molar-refractivity contribution in [1.29, 1.82) is 0 Å². The number of nitrogens with zero attached hydrogens (tertiary/aromatic N) is 2. The molecule has 0 bridgehead atoms. The first-order valence-electron chi connectivity index (χ1n) is 4.45. The van der Waals surface area contributed by atoms with Crippen molar-refractivity contribution in [3.63, 3.8) is 0 Å². The van der Waals surface area contributed by atoms with Crippen LogP contribution in [0.4, 0.5) is 0 Å². The van der Waals surface area contributed by atoms with Crippen LogP contribution in [0.25, 0.3) is 0 Å². The molecule has 0 saturated carbocycles. The molecule has 0 aliphatic heterocycles. The molecular formula is C10H7BrN2O3. The van der Waals surface area contributed by atoms with Gasteiger partial charge in [0.05, 0.1) is 6.42 Å². The number of aromatic nitrogens is 2. The molecule has 5 nitrogen and oxygen atoms in total. The summed E-state index contributed by atoms with van der Waals surface area (Å²) >= 11 is 3.32. The van der Waals surface area contributed by atoms with Crippen LogP contribution in [-0.2, 0) is 6.42 Å². The summed E-state index contributed by atoms with van der Waals surface area (Å²) in [4.78, 5) is 10.5. The molecule has 0 atom stereocenters. The molecule has 0 aliphatic carbocycles. The summed E-state index contributed by atoms with van der Waals surface area (Å²) in [6, 6.07) is 7.58. The van der Waals surface area contributed by atoms with Crippen LogP contribution in [0.2, 0.25) is 0 Å². The molecular weight excluding hydrogens is 276 g/mol. The molecule has 2 aromatic rings. The second kappa shape index (κ2) is 4.44. The van der Waals surface area contributed by atoms with Crippen LogP contribution in [0, 0.1) is 0 Å². The van der Waals surface area contributed by atoms with E-state index in [0.717, 1.165) is 10.0 Å². The van der Waals surface area contributed by atoms with Crippen LogP contribution in [-0.4, -0.2) is 21.3 Å². The first-order chi connectivity index (χ1) is 7.65. The van der Waals surface area contributed by atoms with Crippen LogP contribution in [0.5, 0.6) is 0 Å². The topological polar surface area (TPSA) is 76.2 Å². The average Bonchev–Trinajstić information content (AvgIpc) is 2.70. The lowest BCUT2D eigenvalue weighted by atomic mass is 10.1. The second-order valence-corrected chi connectivity index (χ2v) is 4.03. The van der Waals surface area contributed by atoms with E-state index in [1.807, 2.05) is 24.3 Å². The van der Waals surface area contributed by atoms with Gasteiger partial charge in [0.2, 0.25) is 5.89 Å². The Morgan fingerprint density at radius 1 is 1.31 bits per heavy atom. The van der Waals surface area contributed by atoms with Crippen molar-refractivity contribution in [1.82, 2.24) is 10.2 Å². The van der Waals surface area contributed by atoms with Gasteiger partial charge in [-0.3, -0.25) is 0 Å². The lowest BCUT2D eigenvalue weighted by molar-refractivity contribution is 0.0651. The lowest BCUT2D eigenvalue weighted by Gasteiger charge is -1.96. The van der Waals surface area contributed by atoms with Crippen molar-refractivity contribution < 1.29 is 14.3 Å². The van der Waals surface area contributed by atoms with E-state index < -0.39 is 5.97 Å². The number of carboxylic acids is 1. The highest BCUT2D eigenvalue weighted by Gasteiger charge is 2.12. The first kappa shape index (κ1) is 10.8. The summed E-state index contributed by atoms with van der Waals surface area (Å²) in [6.07, 6.45) is 0.424. The molecule has 1 N–H and O–H groups in total. The summed E-state index contributed by atoms with van der Waals surface area (Å²) < 4.78 is 5.93. The van der Waals surface area contributed by atoms with Crippen LogP contribution in [0.15, 0.2) is 33.2 Å². The smallest absolute Gasteiger partial charge is 0.393 e. The van der Waals surface area contributed by atoms with E-state index >= 15 is 0 Å². The second-order valence-electron chi connectivity index (χ2n) is 3.11. The summed E-state index contributed by atoms with van der Waals surface area (Å²) in [7, 11) is 0. The molecule has 2 rings (SSSR count). The first-order valence-corrected chi connectivity index (χ1v) is 5.24. The molecule has 1 aromatic heterocycles. The van der Waals surface area contributed by atoms with Crippen LogP contribution < -0.4 is 0 Å². The molecule has 1 heterocycles. The van der Waals surface area contributed by atoms with Gasteiger partial charge in [-0.05, 0) is 17.7 Å². The Balaban J connectivity index is 2.14. The van der Waals surface area contributed by atoms with E-state index in [9.17, 15) is 4.79 Å². The summed E-state index contributed by atoms with van der Waals surface area (Å²) in [5.74, 6) is -1.30. The number of halogens is 1. The fraction of sp³-hybridized carbons (Fsp3) is 0.100. The summed E-state index contributed by atoms with van der Waals surface area (Å²) in [5.41, 5.74) is 0.976. The SMILES string of the molecule is O=C(O)c1nnc(Cc2ccc(Br)cc2)o1. The zero-order valence-electron chi connectivity index (χ0n) is 8.05. The quantitative estimate of drug-likeness (QED) is 0.933. The maximum Gasteiger partial charge on any atom is 0.393 e. The summed E-state index contributed by atoms with van der Waals surface area (Å²) in [6.45, 7) is 0. The Hall–Kier alpha value is -1.69. The van der Waals surface area contributed by atoms with Gasteiger partial charge in [-0.2, -0.15) is 0 Å². The third kappa shape index (κ3) is 2.46. The van der Waals surface area contributed by atoms with E-state index in [-0.39, 0.29) is 5.89 Å². The largest absolute Gasteiger partial charge is 0.474 e. The minimum atomic E-state index is -1.21. The predicted octanol–water partition coefficient (Wildman–Crippen LogP) is 2.12. The molecule has 0 radical (unpaired) electrons. The number of hydrogen-bond acceptors (Lipinski definition) is 4. The molecule has 1 aromatic carbocycles. The highest BCUT2D eigenvalue weighted by molar-refractivity contribution is 9.10. The lowest BCUT2D eigenvalue weighted by Crippen LogP contribution is -1.95. The van der Waals surface area contributed by atoms with Gasteiger partial charge >= 0.3 is 11.9 Å². The van der Waals surface area contributed by atoms with Crippen molar-refractivity contribution in [2.24, 2.45) is 0 Å². The van der Waals surface area contributed by atoms with Gasteiger partial charge in [0.1, 0.15) is 0 Å². The Morgan fingerprint density at radius 2 is 2.00 bits per heavy atom. The van der Waals surface area contributed by atoms with Crippen molar-refractivity contribution in [2.75, 3.05) is 0 Å². The third-order valence-corrected chi connectivity index (χ3v) is 2.45. The zero-order valence-corrected chi connectivity index (χ0v) is 9.64. The monoisotopic (exact) mass is 282 g/mol. The van der Waals surface area contributed by atoms with Gasteiger partial charge in [0.25, 0.3) is 0 Å². The number of benzene rings is 1. The van der Waals surface area contributed by atoms with Gasteiger partial charge in [-0.1, -0.05) is 28.1 Å². The third-order valence-electron chi connectivity index (χ3n) is 1.92. The maximum atomic E-state index is 10.5.